The van der Waals surface area contributed by atoms with E-state index in [2.05, 4.69) is 45.1 Å². The molecule has 0 saturated carbocycles. The van der Waals surface area contributed by atoms with Crippen LogP contribution >= 0.6 is 11.6 Å². The molecule has 0 saturated heterocycles. The summed E-state index contributed by atoms with van der Waals surface area (Å²) in [5.74, 6) is 0. The Balaban J connectivity index is 2.40. The smallest absolute Gasteiger partial charge is 0.0406 e. The van der Waals surface area contributed by atoms with E-state index in [0.717, 1.165) is 18.0 Å². The van der Waals surface area contributed by atoms with Crippen molar-refractivity contribution in [3.63, 3.8) is 0 Å². The number of halogens is 1. The van der Waals surface area contributed by atoms with Crippen LogP contribution in [0.1, 0.15) is 39.7 Å². The van der Waals surface area contributed by atoms with Crippen molar-refractivity contribution < 1.29 is 0 Å². The van der Waals surface area contributed by atoms with E-state index in [1.807, 2.05) is 12.1 Å². The number of rotatable bonds is 6. The molecular weight excluding hydrogens is 230 g/mol. The van der Waals surface area contributed by atoms with Crippen molar-refractivity contribution in [2.24, 2.45) is 5.41 Å². The summed E-state index contributed by atoms with van der Waals surface area (Å²) in [6, 6.07) is 8.74. The van der Waals surface area contributed by atoms with E-state index in [0.29, 0.717) is 11.5 Å². The fourth-order valence-electron chi connectivity index (χ4n) is 1.70. The predicted molar refractivity (Wildman–Crippen MR) is 76.7 cm³/mol. The Morgan fingerprint density at radius 3 is 2.29 bits per heavy atom. The van der Waals surface area contributed by atoms with Gasteiger partial charge in [0.1, 0.15) is 0 Å². The van der Waals surface area contributed by atoms with Crippen LogP contribution in [-0.4, -0.2) is 12.6 Å². The predicted octanol–water partition coefficient (Wildman–Crippen LogP) is 4.30. The highest BCUT2D eigenvalue weighted by Crippen LogP contribution is 2.22. The second-order valence-corrected chi connectivity index (χ2v) is 6.26. The van der Waals surface area contributed by atoms with Gasteiger partial charge in [-0.3, -0.25) is 0 Å². The van der Waals surface area contributed by atoms with Crippen LogP contribution in [0.3, 0.4) is 0 Å². The second-order valence-electron chi connectivity index (χ2n) is 5.83. The zero-order valence-electron chi connectivity index (χ0n) is 11.4. The molecule has 0 atom stereocenters. The van der Waals surface area contributed by atoms with Gasteiger partial charge in [0.15, 0.2) is 0 Å². The lowest BCUT2D eigenvalue weighted by Crippen LogP contribution is -2.34. The Morgan fingerprint density at radius 1 is 1.18 bits per heavy atom. The van der Waals surface area contributed by atoms with Crippen molar-refractivity contribution in [3.05, 3.63) is 34.9 Å². The minimum absolute atomic E-state index is 0.337. The van der Waals surface area contributed by atoms with Crippen LogP contribution in [0, 0.1) is 5.41 Å². The van der Waals surface area contributed by atoms with Crippen LogP contribution in [0.2, 0.25) is 5.02 Å². The maximum Gasteiger partial charge on any atom is 0.0406 e. The largest absolute Gasteiger partial charge is 0.314 e. The highest BCUT2D eigenvalue weighted by molar-refractivity contribution is 6.30. The second kappa shape index (κ2) is 6.42. The zero-order chi connectivity index (χ0) is 12.9. The molecule has 0 fully saturated rings. The van der Waals surface area contributed by atoms with Gasteiger partial charge in [0, 0.05) is 17.6 Å². The van der Waals surface area contributed by atoms with Crippen molar-refractivity contribution in [3.8, 4) is 0 Å². The number of benzene rings is 1. The van der Waals surface area contributed by atoms with Crippen LogP contribution in [0.5, 0.6) is 0 Å². The summed E-state index contributed by atoms with van der Waals surface area (Å²) in [6.07, 6.45) is 2.30. The molecule has 0 unspecified atom stereocenters. The van der Waals surface area contributed by atoms with Crippen molar-refractivity contribution >= 4 is 11.6 Å². The lowest BCUT2D eigenvalue weighted by atomic mass is 9.86. The molecule has 0 spiro atoms. The first-order valence-electron chi connectivity index (χ1n) is 6.37. The molecule has 1 rings (SSSR count). The van der Waals surface area contributed by atoms with Crippen LogP contribution in [0.4, 0.5) is 0 Å². The first kappa shape index (κ1) is 14.5. The van der Waals surface area contributed by atoms with E-state index in [-0.39, 0.29) is 0 Å². The Hall–Kier alpha value is -0.530. The lowest BCUT2D eigenvalue weighted by Gasteiger charge is -2.26. The molecule has 0 aromatic heterocycles. The summed E-state index contributed by atoms with van der Waals surface area (Å²) < 4.78 is 0. The third-order valence-corrected chi connectivity index (χ3v) is 3.24. The van der Waals surface area contributed by atoms with E-state index in [4.69, 9.17) is 11.6 Å². The summed E-state index contributed by atoms with van der Waals surface area (Å²) in [6.45, 7) is 10.1. The molecule has 1 aromatic rings. The number of aryl methyl sites for hydroxylation is 1. The van der Waals surface area contributed by atoms with Crippen molar-refractivity contribution in [2.45, 2.75) is 46.6 Å². The van der Waals surface area contributed by atoms with Gasteiger partial charge in [-0.25, -0.2) is 0 Å². The molecule has 0 bridgehead atoms. The number of hydrogen-bond donors (Lipinski definition) is 1. The summed E-state index contributed by atoms with van der Waals surface area (Å²) in [5, 5.41) is 4.32. The van der Waals surface area contributed by atoms with Crippen LogP contribution in [0.25, 0.3) is 0 Å². The van der Waals surface area contributed by atoms with Gasteiger partial charge in [0.05, 0.1) is 0 Å². The van der Waals surface area contributed by atoms with E-state index in [1.165, 1.54) is 12.0 Å². The lowest BCUT2D eigenvalue weighted by molar-refractivity contribution is 0.304. The standard InChI is InChI=1S/C15H24ClN/c1-12(2)17-11-15(3,4)10-9-13-5-7-14(16)8-6-13/h5-8,12,17H,9-11H2,1-4H3. The maximum absolute atomic E-state index is 5.88. The number of nitrogens with one attached hydrogen (secondary N) is 1. The first-order valence-corrected chi connectivity index (χ1v) is 6.75. The Bertz CT molecular complexity index is 327. The van der Waals surface area contributed by atoms with Gasteiger partial charge in [0.25, 0.3) is 0 Å². The highest BCUT2D eigenvalue weighted by atomic mass is 35.5. The average Bonchev–Trinajstić information content (AvgIpc) is 2.26. The van der Waals surface area contributed by atoms with Gasteiger partial charge in [0.2, 0.25) is 0 Å². The Labute approximate surface area is 111 Å². The SMILES string of the molecule is CC(C)NCC(C)(C)CCc1ccc(Cl)cc1. The molecule has 96 valence electrons. The van der Waals surface area contributed by atoms with E-state index >= 15 is 0 Å². The molecule has 0 aliphatic carbocycles. The van der Waals surface area contributed by atoms with Crippen LogP contribution < -0.4 is 5.32 Å². The van der Waals surface area contributed by atoms with Crippen molar-refractivity contribution in [1.29, 1.82) is 0 Å². The molecule has 0 radical (unpaired) electrons. The van der Waals surface area contributed by atoms with Crippen molar-refractivity contribution in [1.82, 2.24) is 5.32 Å². The summed E-state index contributed by atoms with van der Waals surface area (Å²) >= 11 is 5.88. The summed E-state index contributed by atoms with van der Waals surface area (Å²) in [5.41, 5.74) is 1.70. The Kier molecular flexibility index (Phi) is 5.48. The van der Waals surface area contributed by atoms with Gasteiger partial charge < -0.3 is 5.32 Å². The number of hydrogen-bond acceptors (Lipinski definition) is 1. The molecular formula is C15H24ClN. The monoisotopic (exact) mass is 253 g/mol. The normalized spacial score (nSPS) is 12.1. The quantitative estimate of drug-likeness (QED) is 0.797. The van der Waals surface area contributed by atoms with Gasteiger partial charge in [-0.15, -0.1) is 0 Å². The summed E-state index contributed by atoms with van der Waals surface area (Å²) in [7, 11) is 0. The zero-order valence-corrected chi connectivity index (χ0v) is 12.1. The van der Waals surface area contributed by atoms with E-state index in [1.54, 1.807) is 0 Å². The topological polar surface area (TPSA) is 12.0 Å². The van der Waals surface area contributed by atoms with Crippen LogP contribution in [-0.2, 0) is 6.42 Å². The highest BCUT2D eigenvalue weighted by Gasteiger charge is 2.17. The van der Waals surface area contributed by atoms with E-state index in [9.17, 15) is 0 Å². The molecule has 0 heterocycles. The fraction of sp³-hybridized carbons (Fsp3) is 0.600. The van der Waals surface area contributed by atoms with Gasteiger partial charge in [-0.2, -0.15) is 0 Å². The van der Waals surface area contributed by atoms with Gasteiger partial charge >= 0.3 is 0 Å². The van der Waals surface area contributed by atoms with Crippen LogP contribution in [0.15, 0.2) is 24.3 Å². The Morgan fingerprint density at radius 2 is 1.76 bits per heavy atom. The summed E-state index contributed by atoms with van der Waals surface area (Å²) in [4.78, 5) is 0. The molecule has 2 heteroatoms. The minimum atomic E-state index is 0.337. The molecule has 1 aromatic carbocycles. The molecule has 0 aliphatic rings. The fourth-order valence-corrected chi connectivity index (χ4v) is 1.83. The molecule has 17 heavy (non-hydrogen) atoms. The third-order valence-electron chi connectivity index (χ3n) is 2.99. The average molecular weight is 254 g/mol. The molecule has 0 aliphatic heterocycles. The van der Waals surface area contributed by atoms with Gasteiger partial charge in [-0.05, 0) is 36.0 Å². The van der Waals surface area contributed by atoms with Gasteiger partial charge in [-0.1, -0.05) is 51.4 Å². The third kappa shape index (κ3) is 6.09. The van der Waals surface area contributed by atoms with E-state index < -0.39 is 0 Å². The minimum Gasteiger partial charge on any atom is -0.314 e. The maximum atomic E-state index is 5.88. The molecule has 0 amide bonds. The van der Waals surface area contributed by atoms with Crippen molar-refractivity contribution in [2.75, 3.05) is 6.54 Å². The first-order chi connectivity index (χ1) is 7.89. The molecule has 1 nitrogen and oxygen atoms in total. The molecule has 1 N–H and O–H groups in total.